The number of nitrogens with zero attached hydrogens (tertiary/aromatic N) is 3. The molecule has 0 fully saturated rings. The fraction of sp³-hybridized carbons (Fsp3) is 0.143. The molecule has 0 radical (unpaired) electrons. The highest BCUT2D eigenvalue weighted by Crippen LogP contribution is 2.35. The smallest absolute Gasteiger partial charge is 0.494 e. The molecule has 4 rings (SSSR count). The molecule has 0 atom stereocenters. The zero-order valence-corrected chi connectivity index (χ0v) is 18.7. The van der Waals surface area contributed by atoms with Gasteiger partial charge < -0.3 is 19.9 Å². The van der Waals surface area contributed by atoms with Crippen molar-refractivity contribution < 1.29 is 32.5 Å². The number of amides is 1. The number of anilines is 1. The Hall–Kier alpha value is -4.33. The zero-order chi connectivity index (χ0) is 25.5. The Bertz CT molecular complexity index is 1560. The summed E-state index contributed by atoms with van der Waals surface area (Å²) in [5.74, 6) is -1.75. The predicted octanol–water partition coefficient (Wildman–Crippen LogP) is 3.34. The van der Waals surface area contributed by atoms with Gasteiger partial charge in [0.05, 0.1) is 10.2 Å². The molecule has 1 amide bonds. The van der Waals surface area contributed by atoms with Crippen molar-refractivity contribution in [1.29, 1.82) is 0 Å². The Morgan fingerprint density at radius 2 is 1.71 bits per heavy atom. The van der Waals surface area contributed by atoms with Gasteiger partial charge in [-0.2, -0.15) is 0 Å². The maximum absolute atomic E-state index is 12.5. The highest BCUT2D eigenvalue weighted by molar-refractivity contribution is 7.20. The summed E-state index contributed by atoms with van der Waals surface area (Å²) in [6.45, 7) is 0. The number of aromatic nitrogens is 3. The van der Waals surface area contributed by atoms with Crippen molar-refractivity contribution in [1.82, 2.24) is 14.1 Å². The van der Waals surface area contributed by atoms with Crippen molar-refractivity contribution in [2.45, 2.75) is 6.36 Å². The number of nitrogens with one attached hydrogen (secondary N) is 1. The summed E-state index contributed by atoms with van der Waals surface area (Å²) in [7, 11) is 2.39. The number of thiazole rings is 1. The van der Waals surface area contributed by atoms with E-state index in [-0.39, 0.29) is 16.6 Å². The molecule has 2 N–H and O–H groups in total. The molecule has 10 nitrogen and oxygen atoms in total. The van der Waals surface area contributed by atoms with E-state index >= 15 is 0 Å². The van der Waals surface area contributed by atoms with Gasteiger partial charge in [0.1, 0.15) is 11.5 Å². The van der Waals surface area contributed by atoms with Crippen molar-refractivity contribution in [2.24, 2.45) is 14.1 Å². The van der Waals surface area contributed by atoms with Crippen LogP contribution in [-0.4, -0.2) is 31.5 Å². The van der Waals surface area contributed by atoms with Crippen LogP contribution in [-0.2, 0) is 14.1 Å². The number of halogens is 3. The lowest BCUT2D eigenvalue weighted by Crippen LogP contribution is -2.40. The molecular formula is C21H15F3N4O6S. The standard InChI is InChI=1S/C21H15F3N4O6S/c1-27-17(30)15(18(31)28(2)20(27)32)16(29)25-10-3-5-11(6-4-10)33-19-26-13-8-7-12(9-14(13)35-19)34-21(22,23)24/h3-9,30H,1-2H3,(H,25,29). The van der Waals surface area contributed by atoms with Gasteiger partial charge in [-0.3, -0.25) is 18.7 Å². The molecule has 14 heteroatoms. The second-order valence-electron chi connectivity index (χ2n) is 7.14. The quantitative estimate of drug-likeness (QED) is 0.424. The molecule has 2 aromatic heterocycles. The minimum absolute atomic E-state index is 0.166. The second kappa shape index (κ2) is 8.79. The number of benzene rings is 2. The summed E-state index contributed by atoms with van der Waals surface area (Å²) >= 11 is 1.01. The highest BCUT2D eigenvalue weighted by atomic mass is 32.1. The van der Waals surface area contributed by atoms with Crippen LogP contribution in [0, 0.1) is 0 Å². The van der Waals surface area contributed by atoms with Crippen LogP contribution in [0.5, 0.6) is 22.6 Å². The summed E-state index contributed by atoms with van der Waals surface area (Å²) in [5, 5.41) is 12.7. The first-order valence-corrected chi connectivity index (χ1v) is 10.5. The number of hydrogen-bond acceptors (Lipinski definition) is 8. The van der Waals surface area contributed by atoms with Crippen LogP contribution in [0.2, 0.25) is 0 Å². The maximum atomic E-state index is 12.5. The van der Waals surface area contributed by atoms with E-state index in [1.165, 1.54) is 50.5 Å². The van der Waals surface area contributed by atoms with Crippen molar-refractivity contribution in [3.8, 4) is 22.6 Å². The molecule has 35 heavy (non-hydrogen) atoms. The first-order valence-electron chi connectivity index (χ1n) is 9.67. The number of ether oxygens (including phenoxy) is 2. The number of carbonyl (C=O) groups excluding carboxylic acids is 1. The van der Waals surface area contributed by atoms with Crippen LogP contribution in [0.15, 0.2) is 52.1 Å². The van der Waals surface area contributed by atoms with E-state index in [0.717, 1.165) is 22.0 Å². The van der Waals surface area contributed by atoms with Crippen molar-refractivity contribution in [3.63, 3.8) is 0 Å². The van der Waals surface area contributed by atoms with Gasteiger partial charge >= 0.3 is 12.1 Å². The van der Waals surface area contributed by atoms with Gasteiger partial charge in [-0.25, -0.2) is 9.78 Å². The van der Waals surface area contributed by atoms with Gasteiger partial charge in [-0.1, -0.05) is 11.3 Å². The Morgan fingerprint density at radius 1 is 1.06 bits per heavy atom. The lowest BCUT2D eigenvalue weighted by molar-refractivity contribution is -0.274. The van der Waals surface area contributed by atoms with Crippen LogP contribution in [0.1, 0.15) is 10.4 Å². The fourth-order valence-corrected chi connectivity index (χ4v) is 3.92. The topological polar surface area (TPSA) is 125 Å². The van der Waals surface area contributed by atoms with Crippen LogP contribution in [0.3, 0.4) is 0 Å². The van der Waals surface area contributed by atoms with E-state index in [1.807, 2.05) is 0 Å². The highest BCUT2D eigenvalue weighted by Gasteiger charge is 2.31. The van der Waals surface area contributed by atoms with Crippen molar-refractivity contribution in [3.05, 3.63) is 68.9 Å². The van der Waals surface area contributed by atoms with E-state index in [0.29, 0.717) is 20.5 Å². The third-order valence-corrected chi connectivity index (χ3v) is 5.65. The van der Waals surface area contributed by atoms with Crippen LogP contribution in [0.25, 0.3) is 10.2 Å². The Labute approximate surface area is 197 Å². The SMILES string of the molecule is Cn1c(O)c(C(=O)Nc2ccc(Oc3nc4ccc(OC(F)(F)F)cc4s3)cc2)c(=O)n(C)c1=O. The molecule has 0 saturated heterocycles. The molecule has 2 heterocycles. The summed E-state index contributed by atoms with van der Waals surface area (Å²) in [6.07, 6.45) is -4.81. The number of rotatable bonds is 5. The summed E-state index contributed by atoms with van der Waals surface area (Å²) in [5.41, 5.74) is -1.66. The largest absolute Gasteiger partial charge is 0.573 e. The number of fused-ring (bicyclic) bond motifs is 1. The summed E-state index contributed by atoms with van der Waals surface area (Å²) in [4.78, 5) is 40.8. The average molecular weight is 508 g/mol. The first-order chi connectivity index (χ1) is 16.4. The number of alkyl halides is 3. The van der Waals surface area contributed by atoms with Crippen LogP contribution >= 0.6 is 11.3 Å². The number of carbonyl (C=O) groups is 1. The molecule has 2 aromatic carbocycles. The zero-order valence-electron chi connectivity index (χ0n) is 17.9. The van der Waals surface area contributed by atoms with Gasteiger partial charge in [0.15, 0.2) is 5.56 Å². The molecule has 0 bridgehead atoms. The van der Waals surface area contributed by atoms with E-state index < -0.39 is 35.0 Å². The molecule has 0 unspecified atom stereocenters. The molecule has 0 spiro atoms. The summed E-state index contributed by atoms with van der Waals surface area (Å²) < 4.78 is 48.6. The van der Waals surface area contributed by atoms with E-state index in [2.05, 4.69) is 15.0 Å². The third-order valence-electron chi connectivity index (χ3n) is 4.75. The van der Waals surface area contributed by atoms with Crippen LogP contribution < -0.4 is 26.0 Å². The van der Waals surface area contributed by atoms with E-state index in [4.69, 9.17) is 4.74 Å². The molecule has 0 saturated carbocycles. The molecule has 4 aromatic rings. The fourth-order valence-electron chi connectivity index (χ4n) is 3.06. The normalized spacial score (nSPS) is 11.5. The minimum Gasteiger partial charge on any atom is -0.494 e. The number of hydrogen-bond donors (Lipinski definition) is 2. The number of aromatic hydroxyl groups is 1. The van der Waals surface area contributed by atoms with Crippen LogP contribution in [0.4, 0.5) is 18.9 Å². The predicted molar refractivity (Wildman–Crippen MR) is 119 cm³/mol. The van der Waals surface area contributed by atoms with Crippen molar-refractivity contribution in [2.75, 3.05) is 5.32 Å². The second-order valence-corrected chi connectivity index (χ2v) is 8.14. The first kappa shape index (κ1) is 23.8. The molecular weight excluding hydrogens is 493 g/mol. The van der Waals surface area contributed by atoms with E-state index in [9.17, 15) is 32.7 Å². The molecule has 0 aliphatic rings. The average Bonchev–Trinajstić information content (AvgIpc) is 3.18. The van der Waals surface area contributed by atoms with Crippen molar-refractivity contribution >= 4 is 33.1 Å². The summed E-state index contributed by atoms with van der Waals surface area (Å²) in [6, 6.07) is 9.60. The van der Waals surface area contributed by atoms with Gasteiger partial charge in [0, 0.05) is 25.8 Å². The lowest BCUT2D eigenvalue weighted by Gasteiger charge is -2.11. The monoisotopic (exact) mass is 508 g/mol. The Kier molecular flexibility index (Phi) is 5.98. The van der Waals surface area contributed by atoms with E-state index in [1.54, 1.807) is 0 Å². The van der Waals surface area contributed by atoms with Gasteiger partial charge in [-0.05, 0) is 36.4 Å². The molecule has 0 aliphatic heterocycles. The van der Waals surface area contributed by atoms with Gasteiger partial charge in [0.25, 0.3) is 16.7 Å². The van der Waals surface area contributed by atoms with Gasteiger partial charge in [0.2, 0.25) is 5.88 Å². The Balaban J connectivity index is 1.49. The third kappa shape index (κ3) is 4.96. The molecule has 0 aliphatic carbocycles. The molecule has 182 valence electrons. The lowest BCUT2D eigenvalue weighted by atomic mass is 10.2. The Morgan fingerprint density at radius 3 is 2.37 bits per heavy atom. The minimum atomic E-state index is -4.81. The van der Waals surface area contributed by atoms with Gasteiger partial charge in [-0.15, -0.1) is 13.2 Å². The maximum Gasteiger partial charge on any atom is 0.573 e.